The van der Waals surface area contributed by atoms with Gasteiger partial charge in [0, 0.05) is 187 Å². The predicted octanol–water partition coefficient (Wildman–Crippen LogP) is 9.04. The number of aliphatic hydroxyl groups is 7. The van der Waals surface area contributed by atoms with Crippen molar-refractivity contribution < 1.29 is 108 Å². The molecule has 17 rings (SSSR count). The van der Waals surface area contributed by atoms with E-state index in [1.54, 1.807) is 118 Å². The molecule has 40 nitrogen and oxygen atoms in total. The summed E-state index contributed by atoms with van der Waals surface area (Å²) < 4.78 is 36.9. The third kappa shape index (κ3) is 29.0. The van der Waals surface area contributed by atoms with E-state index in [0.29, 0.717) is 136 Å². The fraction of sp³-hybridized carbons (Fsp3) is 0.402. The molecule has 11 N–H and O–H groups in total. The molecule has 14 heterocycles. The van der Waals surface area contributed by atoms with Crippen molar-refractivity contribution >= 4 is 93.2 Å². The Bertz CT molecular complexity index is 5830. The van der Waals surface area contributed by atoms with Crippen LogP contribution in [0.15, 0.2) is 169 Å². The van der Waals surface area contributed by atoms with Gasteiger partial charge in [0.05, 0.1) is 135 Å². The molecule has 0 radical (unpaired) electrons. The van der Waals surface area contributed by atoms with Crippen LogP contribution in [0, 0.1) is 0 Å². The zero-order chi connectivity index (χ0) is 95.0. The monoisotopic (exact) mass is 1900 g/mol. The van der Waals surface area contributed by atoms with E-state index >= 15 is 0 Å². The molecule has 0 aliphatic carbocycles. The molecule has 6 aliphatic heterocycles. The Morgan fingerprint density at radius 1 is 0.545 bits per heavy atom. The number of hydrogen-bond donors (Lipinski definition) is 10. The van der Waals surface area contributed by atoms with Crippen LogP contribution in [-0.2, 0) is 40.6 Å². The topological polar surface area (TPSA) is 548 Å². The van der Waals surface area contributed by atoms with Gasteiger partial charge in [0.2, 0.25) is 0 Å². The largest absolute Gasteiger partial charge is 1.00 e. The van der Waals surface area contributed by atoms with Crippen LogP contribution < -0.4 is 69.9 Å². The maximum absolute atomic E-state index is 11.6. The third-order valence-corrected chi connectivity index (χ3v) is 22.0. The van der Waals surface area contributed by atoms with Crippen LogP contribution in [0.5, 0.6) is 17.2 Å². The molecule has 8 aromatic heterocycles. The summed E-state index contributed by atoms with van der Waals surface area (Å²) >= 11 is 24.7. The van der Waals surface area contributed by atoms with Crippen molar-refractivity contribution in [1.29, 1.82) is 0 Å². The van der Waals surface area contributed by atoms with Gasteiger partial charge in [-0.25, -0.2) is 24.5 Å². The van der Waals surface area contributed by atoms with Crippen molar-refractivity contribution in [3.05, 3.63) is 244 Å². The number of pyridine rings is 5. The fourth-order valence-corrected chi connectivity index (χ4v) is 15.1. The first-order valence-electron chi connectivity index (χ1n) is 41.0. The summed E-state index contributed by atoms with van der Waals surface area (Å²) in [7, 11) is 4.62. The van der Waals surface area contributed by atoms with Gasteiger partial charge in [-0.3, -0.25) is 19.7 Å². The van der Waals surface area contributed by atoms with E-state index in [0.717, 1.165) is 56.9 Å². The van der Waals surface area contributed by atoms with E-state index in [-0.39, 0.29) is 98.9 Å². The summed E-state index contributed by atoms with van der Waals surface area (Å²) in [5.41, 5.74) is 47.2. The van der Waals surface area contributed by atoms with Crippen LogP contribution in [0.1, 0.15) is 74.2 Å². The van der Waals surface area contributed by atoms with Gasteiger partial charge in [-0.2, -0.15) is 0 Å². The first kappa shape index (κ1) is 105. The number of halogens is 4. The number of hydrogen-bond acceptors (Lipinski definition) is 28. The van der Waals surface area contributed by atoms with Crippen LogP contribution >= 0.6 is 46.4 Å². The minimum atomic E-state index is -0.816. The Morgan fingerprint density at radius 3 is 1.36 bits per heavy atom. The average Bonchev–Trinajstić information content (AvgIpc) is 1.62. The van der Waals surface area contributed by atoms with E-state index < -0.39 is 47.8 Å². The van der Waals surface area contributed by atoms with Gasteiger partial charge in [-0.15, -0.1) is 0 Å². The van der Waals surface area contributed by atoms with Crippen molar-refractivity contribution in [2.75, 3.05) is 96.6 Å². The Balaban J connectivity index is 0.000000181. The number of morpholine rings is 1. The number of nitrogens with two attached hydrogens (primary N) is 1. The molecule has 10 atom stereocenters. The second-order valence-corrected chi connectivity index (χ2v) is 34.1. The number of benzene rings is 3. The number of ether oxygens (including phenoxy) is 6. The summed E-state index contributed by atoms with van der Waals surface area (Å²) in [5, 5.41) is 83.3. The Hall–Kier alpha value is -11.1. The van der Waals surface area contributed by atoms with E-state index in [1.807, 2.05) is 112 Å². The number of rotatable bonds is 17. The number of aldehydes is 1. The number of carbonyl (C=O) groups is 3. The average molecular weight is 1910 g/mol. The number of aliphatic hydroxyl groups excluding tert-OH is 7. The molecule has 0 saturated carbocycles. The van der Waals surface area contributed by atoms with Gasteiger partial charge in [-0.1, -0.05) is 56.6 Å². The van der Waals surface area contributed by atoms with Gasteiger partial charge >= 0.3 is 41.7 Å². The molecular weight excluding hydrogens is 1800 g/mol. The van der Waals surface area contributed by atoms with Gasteiger partial charge in [0.15, 0.2) is 0 Å². The number of nitrogens with zero attached hydrogens (tertiary/aromatic N) is 21. The van der Waals surface area contributed by atoms with Crippen molar-refractivity contribution in [2.45, 2.75) is 140 Å². The number of nitrogens with one attached hydrogen (secondary N) is 2. The molecule has 132 heavy (non-hydrogen) atoms. The van der Waals surface area contributed by atoms with Crippen LogP contribution in [-0.4, -0.2) is 261 Å². The predicted molar refractivity (Wildman–Crippen MR) is 493 cm³/mol. The van der Waals surface area contributed by atoms with Crippen LogP contribution in [0.4, 0.5) is 21.0 Å². The Morgan fingerprint density at radius 2 is 0.962 bits per heavy atom. The summed E-state index contributed by atoms with van der Waals surface area (Å²) in [6.07, 6.45) is 16.4. The quantitative estimate of drug-likeness (QED) is 0.0101. The SMILES string of the molecule is CC(C)(C)OC(=O)N1CC2OC2C1.CC(C)(C)OC(=O)N1C[C@H](N=[N+]=[N-])[C@@H](O)C1.COc1cc(CO)c(-c2cn3ccc(Cl)cc3n2)cc1Cl.COc1cc(CO)c(-c2cn3ccc(N4C[C@H](N)[C@@H](O)C4)cc3n2)cc1Cl.COc1cc(CO)c(-c2cn3ccc(N4C[C@H](NCc5ccncc5)[C@@H](O)C4)cc3n2)cc1Cl.O=Cc1ccncc1.[N-]=[N+]=N[C@H]1CNC[C@@H]1O.[N-]=[N+]=[N-].[Na+]. The number of β-amino-alcohol motifs (C(OH)–C–C–N with tert-alkyl or cyclic N) is 4. The van der Waals surface area contributed by atoms with Crippen LogP contribution in [0.3, 0.4) is 0 Å². The molecule has 0 bridgehead atoms. The number of aromatic nitrogens is 8. The number of amides is 2. The zero-order valence-electron chi connectivity index (χ0n) is 74.0. The molecule has 11 aromatic rings. The maximum Gasteiger partial charge on any atom is 1.00 e. The molecule has 6 fully saturated rings. The van der Waals surface area contributed by atoms with Crippen molar-refractivity contribution in [3.8, 4) is 51.0 Å². The molecule has 696 valence electrons. The van der Waals surface area contributed by atoms with Crippen molar-refractivity contribution in [1.82, 2.24) is 58.6 Å². The maximum atomic E-state index is 11.6. The first-order valence-corrected chi connectivity index (χ1v) is 42.6. The van der Waals surface area contributed by atoms with E-state index in [4.69, 9.17) is 118 Å². The number of likely N-dealkylation sites (tertiary alicyclic amines) is 2. The van der Waals surface area contributed by atoms with Crippen LogP contribution in [0.25, 0.3) is 87.6 Å². The van der Waals surface area contributed by atoms with Gasteiger partial charge in [0.25, 0.3) is 0 Å². The normalized spacial score (nSPS) is 19.5. The summed E-state index contributed by atoms with van der Waals surface area (Å²) in [4.78, 5) is 68.8. The fourth-order valence-electron chi connectivity index (χ4n) is 14.2. The molecule has 6 saturated heterocycles. The van der Waals surface area contributed by atoms with Gasteiger partial charge < -0.3 is 124 Å². The number of anilines is 2. The number of methoxy groups -OCH3 is 3. The minimum Gasteiger partial charge on any atom is -0.495 e. The summed E-state index contributed by atoms with van der Waals surface area (Å²) in [5.74, 6) is 1.55. The molecule has 2 amide bonds. The Labute approximate surface area is 801 Å². The molecular formula is C87H103Cl4N24NaO16. The van der Waals surface area contributed by atoms with E-state index in [2.05, 4.69) is 50.5 Å². The van der Waals surface area contributed by atoms with Gasteiger partial charge in [0.1, 0.15) is 63.9 Å². The second kappa shape index (κ2) is 49.0. The number of epoxide rings is 1. The van der Waals surface area contributed by atoms with E-state index in [9.17, 15) is 45.0 Å². The summed E-state index contributed by atoms with van der Waals surface area (Å²) in [6.45, 7) is 16.4. The Kier molecular flexibility index (Phi) is 38.9. The number of fused-ring (bicyclic) bond motifs is 4. The molecule has 0 spiro atoms. The third-order valence-electron chi connectivity index (χ3n) is 20.9. The molecule has 2 unspecified atom stereocenters. The molecule has 45 heteroatoms. The second-order valence-electron chi connectivity index (χ2n) is 32.5. The smallest absolute Gasteiger partial charge is 0.495 e. The van der Waals surface area contributed by atoms with E-state index in [1.165, 1.54) is 24.0 Å². The zero-order valence-corrected chi connectivity index (χ0v) is 79.1. The number of imidazole rings is 3. The van der Waals surface area contributed by atoms with Crippen molar-refractivity contribution in [3.63, 3.8) is 0 Å². The molecule has 6 aliphatic rings. The van der Waals surface area contributed by atoms with Crippen molar-refractivity contribution in [2.24, 2.45) is 16.0 Å². The standard InChI is InChI=1S/C25H26ClN5O3.C19H21ClN4O3.C15H12Cl2N2O2.C9H16N4O3.C9H15NO3.C6H5NO.C4H8N4O.N3.Na/c1-34-24-8-17(15-32)19(10-20(24)26)21-12-30-7-4-18(9-25(30)29-21)31-13-22(23(33)14-31)28-11-16-2-5-27-6-3-16;1-27-18-4-11(10-25)13(6-14(18)20)16-8-23-3-2-12(5-19(23)22-16)24-7-15(21)17(26)9-24;1-21-14-4-9(8-20)11(6-12(14)17)13-7-19-3-2-10(16)5-15(19)18-13;1-9(2,3)16-8(15)13-4-6(11-12-10)7(14)5-13;1-9(2,3)13-8(11)10-4-6-7(5-10)12-6;8-5-6-1-3-7-4-2-6;5-8-7-3-1-6-2-4(3)9;1-3-2;/h2-10,12,22-23,28,32-33H,11,13-15H2,1H3;2-6,8,15,17,25-26H,7,9-10,21H2,1H3;2-7,20H,8H2,1H3;6-7,14H,4-5H2,1-3H3;6-7H,4-5H2,1-3H3;1-5H;3-4,6,9H,1-2H2;;/q;;;;;;;-1;+1/t22-,23-;15-,17-;;6-,7-;;;3-,4-;;/m00.0..0../s1. The number of carbonyl (C=O) groups excluding carboxylic acids is 3. The number of azide groups is 2. The van der Waals surface area contributed by atoms with Crippen LogP contribution in [0.2, 0.25) is 20.1 Å². The van der Waals surface area contributed by atoms with Gasteiger partial charge in [-0.05, 0) is 154 Å². The minimum absolute atomic E-state index is 0. The first-order chi connectivity index (χ1) is 62.6. The molecule has 3 aromatic carbocycles. The summed E-state index contributed by atoms with van der Waals surface area (Å²) in [6, 6.07) is 28.1.